The van der Waals surface area contributed by atoms with Gasteiger partial charge in [-0.1, -0.05) is 55.5 Å². The molecule has 41 heavy (non-hydrogen) atoms. The Labute approximate surface area is 231 Å². The average molecular weight is 575 g/mol. The van der Waals surface area contributed by atoms with Crippen LogP contribution < -0.4 is 5.32 Å². The number of aromatic nitrogens is 2. The molecule has 0 radical (unpaired) electrons. The Morgan fingerprint density at radius 3 is 1.93 bits per heavy atom. The third kappa shape index (κ3) is 7.13. The molecule has 214 valence electrons. The van der Waals surface area contributed by atoms with Crippen molar-refractivity contribution in [2.24, 2.45) is 0 Å². The molecule has 1 heterocycles. The minimum absolute atomic E-state index is 0.0529. The van der Waals surface area contributed by atoms with Crippen molar-refractivity contribution in [2.45, 2.75) is 25.7 Å². The van der Waals surface area contributed by atoms with Gasteiger partial charge >= 0.3 is 12.4 Å². The molecule has 0 saturated heterocycles. The smallest absolute Gasteiger partial charge is 0.329 e. The molecule has 1 N–H and O–H groups in total. The maximum absolute atomic E-state index is 13.3. The summed E-state index contributed by atoms with van der Waals surface area (Å²) in [5.41, 5.74) is -2.13. The number of alkyl halides is 6. The van der Waals surface area contributed by atoms with Crippen LogP contribution in [-0.4, -0.2) is 39.6 Å². The first-order valence-electron chi connectivity index (χ1n) is 12.5. The summed E-state index contributed by atoms with van der Waals surface area (Å²) in [7, 11) is 0. The maximum atomic E-state index is 13.3. The quantitative estimate of drug-likeness (QED) is 0.229. The molecule has 0 unspecified atom stereocenters. The number of hydrogen-bond acceptors (Lipinski definition) is 3. The van der Waals surface area contributed by atoms with Crippen LogP contribution in [0.15, 0.2) is 84.9 Å². The second-order valence-electron chi connectivity index (χ2n) is 9.10. The van der Waals surface area contributed by atoms with E-state index in [1.54, 1.807) is 43.3 Å². The second kappa shape index (κ2) is 11.9. The van der Waals surface area contributed by atoms with Gasteiger partial charge in [-0.25, -0.2) is 4.68 Å². The van der Waals surface area contributed by atoms with Gasteiger partial charge in [-0.15, -0.1) is 0 Å². The van der Waals surface area contributed by atoms with Crippen LogP contribution in [0.5, 0.6) is 0 Å². The molecule has 0 fully saturated rings. The highest BCUT2D eigenvalue weighted by molar-refractivity contribution is 5.99. The summed E-state index contributed by atoms with van der Waals surface area (Å²) in [4.78, 5) is 27.2. The van der Waals surface area contributed by atoms with Crippen molar-refractivity contribution in [2.75, 3.05) is 18.4 Å². The van der Waals surface area contributed by atoms with E-state index in [1.807, 2.05) is 30.3 Å². The van der Waals surface area contributed by atoms with Gasteiger partial charge < -0.3 is 10.2 Å². The zero-order valence-corrected chi connectivity index (χ0v) is 21.6. The summed E-state index contributed by atoms with van der Waals surface area (Å²) in [5.74, 6) is -1.60. The largest absolute Gasteiger partial charge is 0.416 e. The van der Waals surface area contributed by atoms with Gasteiger partial charge in [-0.2, -0.15) is 31.4 Å². The van der Waals surface area contributed by atoms with Gasteiger partial charge in [0, 0.05) is 23.7 Å². The maximum Gasteiger partial charge on any atom is 0.416 e. The number of halogens is 6. The lowest BCUT2D eigenvalue weighted by atomic mass is 10.0. The molecule has 0 aliphatic heterocycles. The van der Waals surface area contributed by atoms with Gasteiger partial charge in [0.2, 0.25) is 5.91 Å². The van der Waals surface area contributed by atoms with Crippen LogP contribution in [0, 0.1) is 0 Å². The first-order chi connectivity index (χ1) is 19.4. The molecule has 6 nitrogen and oxygen atoms in total. The van der Waals surface area contributed by atoms with Crippen LogP contribution >= 0.6 is 0 Å². The molecule has 0 aliphatic rings. The molecular formula is C29H24F6N4O2. The predicted octanol–water partition coefficient (Wildman–Crippen LogP) is 7.07. The fraction of sp³-hybridized carbons (Fsp3) is 0.207. The van der Waals surface area contributed by atoms with E-state index in [-0.39, 0.29) is 18.4 Å². The Bertz CT molecular complexity index is 1480. The Balaban J connectivity index is 1.63. The number of anilines is 1. The van der Waals surface area contributed by atoms with E-state index in [1.165, 1.54) is 4.68 Å². The third-order valence-corrected chi connectivity index (χ3v) is 6.00. The fourth-order valence-electron chi connectivity index (χ4n) is 4.13. The number of carbonyl (C=O) groups is 2. The van der Waals surface area contributed by atoms with E-state index in [0.29, 0.717) is 29.9 Å². The summed E-state index contributed by atoms with van der Waals surface area (Å²) in [6, 6.07) is 20.3. The molecule has 4 aromatic rings. The highest BCUT2D eigenvalue weighted by Gasteiger charge is 2.38. The molecule has 2 amide bonds. The molecule has 3 aromatic carbocycles. The van der Waals surface area contributed by atoms with Crippen LogP contribution in [0.4, 0.5) is 32.2 Å². The zero-order valence-electron chi connectivity index (χ0n) is 21.6. The topological polar surface area (TPSA) is 67.2 Å². The number of hydrogen-bond donors (Lipinski definition) is 1. The summed E-state index contributed by atoms with van der Waals surface area (Å²) in [6.07, 6.45) is -9.94. The zero-order chi connectivity index (χ0) is 29.8. The van der Waals surface area contributed by atoms with Crippen LogP contribution in [0.25, 0.3) is 16.9 Å². The minimum Gasteiger partial charge on any atom is -0.329 e. The van der Waals surface area contributed by atoms with Crippen molar-refractivity contribution in [3.63, 3.8) is 0 Å². The summed E-state index contributed by atoms with van der Waals surface area (Å²) in [5, 5.41) is 7.25. The normalized spacial score (nSPS) is 11.8. The second-order valence-corrected chi connectivity index (χ2v) is 9.10. The Hall–Kier alpha value is -4.61. The number of benzene rings is 3. The van der Waals surface area contributed by atoms with Gasteiger partial charge in [0.25, 0.3) is 5.91 Å². The highest BCUT2D eigenvalue weighted by Crippen LogP contribution is 2.36. The molecular weight excluding hydrogens is 550 g/mol. The fourth-order valence-corrected chi connectivity index (χ4v) is 4.13. The number of carbonyl (C=O) groups excluding carboxylic acids is 2. The Kier molecular flexibility index (Phi) is 8.50. The molecule has 0 aliphatic carbocycles. The lowest BCUT2D eigenvalue weighted by Crippen LogP contribution is -2.39. The minimum atomic E-state index is -5.12. The van der Waals surface area contributed by atoms with E-state index in [2.05, 4.69) is 10.4 Å². The van der Waals surface area contributed by atoms with Crippen molar-refractivity contribution in [3.05, 3.63) is 102 Å². The standard InChI is InChI=1S/C29H24F6N4O2/c1-2-13-38(27(41)20-14-21(28(30,31)32)16-22(15-20)29(33,34)35)18-26(40)36-25-17-24(19-9-5-3-6-10-19)37-39(25)23-11-7-4-8-12-23/h3-12,14-17H,2,13,18H2,1H3,(H,36,40). The number of nitrogens with zero attached hydrogens (tertiary/aromatic N) is 3. The highest BCUT2D eigenvalue weighted by atomic mass is 19.4. The molecule has 1 aromatic heterocycles. The van der Waals surface area contributed by atoms with Crippen molar-refractivity contribution >= 4 is 17.6 Å². The number of para-hydroxylation sites is 1. The van der Waals surface area contributed by atoms with E-state index in [4.69, 9.17) is 0 Å². The summed E-state index contributed by atoms with van der Waals surface area (Å²) in [6.45, 7) is 0.948. The van der Waals surface area contributed by atoms with Crippen molar-refractivity contribution in [1.29, 1.82) is 0 Å². The van der Waals surface area contributed by atoms with Crippen molar-refractivity contribution in [3.8, 4) is 16.9 Å². The van der Waals surface area contributed by atoms with Crippen LogP contribution in [-0.2, 0) is 17.1 Å². The average Bonchev–Trinajstić information content (AvgIpc) is 3.35. The van der Waals surface area contributed by atoms with E-state index < -0.39 is 47.4 Å². The van der Waals surface area contributed by atoms with Crippen LogP contribution in [0.2, 0.25) is 0 Å². The molecule has 0 spiro atoms. The van der Waals surface area contributed by atoms with Crippen LogP contribution in [0.1, 0.15) is 34.8 Å². The summed E-state index contributed by atoms with van der Waals surface area (Å²) >= 11 is 0. The van der Waals surface area contributed by atoms with E-state index >= 15 is 0 Å². The first kappa shape index (κ1) is 29.4. The SMILES string of the molecule is CCCN(CC(=O)Nc1cc(-c2ccccc2)nn1-c1ccccc1)C(=O)c1cc(C(F)(F)F)cc(C(F)(F)F)c1. The molecule has 0 bridgehead atoms. The lowest BCUT2D eigenvalue weighted by Gasteiger charge is -2.23. The third-order valence-electron chi connectivity index (χ3n) is 6.00. The van der Waals surface area contributed by atoms with Gasteiger partial charge in [0.15, 0.2) is 0 Å². The van der Waals surface area contributed by atoms with Gasteiger partial charge in [-0.05, 0) is 36.8 Å². The first-order valence-corrected chi connectivity index (χ1v) is 12.5. The van der Waals surface area contributed by atoms with Gasteiger partial charge in [-0.3, -0.25) is 9.59 Å². The monoisotopic (exact) mass is 574 g/mol. The summed E-state index contributed by atoms with van der Waals surface area (Å²) < 4.78 is 81.5. The number of rotatable bonds is 8. The van der Waals surface area contributed by atoms with Gasteiger partial charge in [0.05, 0.1) is 22.5 Å². The lowest BCUT2D eigenvalue weighted by molar-refractivity contribution is -0.143. The molecule has 0 atom stereocenters. The van der Waals surface area contributed by atoms with Gasteiger partial charge in [0.1, 0.15) is 12.4 Å². The van der Waals surface area contributed by atoms with Crippen molar-refractivity contribution in [1.82, 2.24) is 14.7 Å². The number of amides is 2. The molecule has 0 saturated carbocycles. The van der Waals surface area contributed by atoms with Crippen LogP contribution in [0.3, 0.4) is 0 Å². The Morgan fingerprint density at radius 1 is 0.829 bits per heavy atom. The Morgan fingerprint density at radius 2 is 1.39 bits per heavy atom. The molecule has 12 heteroatoms. The van der Waals surface area contributed by atoms with E-state index in [9.17, 15) is 35.9 Å². The predicted molar refractivity (Wildman–Crippen MR) is 140 cm³/mol. The number of nitrogens with one attached hydrogen (secondary N) is 1. The van der Waals surface area contributed by atoms with Crippen molar-refractivity contribution < 1.29 is 35.9 Å². The molecule has 4 rings (SSSR count). The van der Waals surface area contributed by atoms with E-state index in [0.717, 1.165) is 10.5 Å².